The number of hydrogen-bond acceptors (Lipinski definition) is 10. The second kappa shape index (κ2) is 13.0. The van der Waals surface area contributed by atoms with Gasteiger partial charge < -0.3 is 9.80 Å². The summed E-state index contributed by atoms with van der Waals surface area (Å²) in [5.74, 6) is -0.586. The summed E-state index contributed by atoms with van der Waals surface area (Å²) in [5.41, 5.74) is -0.391. The lowest BCUT2D eigenvalue weighted by Gasteiger charge is -2.33. The van der Waals surface area contributed by atoms with E-state index in [0.29, 0.717) is 5.56 Å². The van der Waals surface area contributed by atoms with Crippen molar-refractivity contribution in [1.82, 2.24) is 14.5 Å². The van der Waals surface area contributed by atoms with Crippen molar-refractivity contribution < 1.29 is 38.5 Å². The Morgan fingerprint density at radius 3 is 1.95 bits per heavy atom. The van der Waals surface area contributed by atoms with E-state index >= 15 is 0 Å². The summed E-state index contributed by atoms with van der Waals surface area (Å²) in [7, 11) is -16.7. The van der Waals surface area contributed by atoms with Gasteiger partial charge in [-0.2, -0.15) is 38.4 Å². The number of likely N-dealkylation sites (tertiary alicyclic amines) is 1. The molecule has 240 valence electrons. The molecular formula is C22H34N8O9S4. The molecule has 0 radical (unpaired) electrons. The lowest BCUT2D eigenvalue weighted by molar-refractivity contribution is -0.131. The summed E-state index contributed by atoms with van der Waals surface area (Å²) in [4.78, 5) is 17.0. The van der Waals surface area contributed by atoms with E-state index in [4.69, 9.17) is 15.4 Å². The molecule has 7 N–H and O–H groups in total. The van der Waals surface area contributed by atoms with E-state index in [1.54, 1.807) is 6.07 Å². The van der Waals surface area contributed by atoms with Crippen molar-refractivity contribution in [2.45, 2.75) is 25.3 Å². The Morgan fingerprint density at radius 1 is 0.860 bits per heavy atom. The Labute approximate surface area is 251 Å². The van der Waals surface area contributed by atoms with Gasteiger partial charge in [0.2, 0.25) is 5.91 Å². The Kier molecular flexibility index (Phi) is 10.5. The molecule has 1 heterocycles. The second-order valence-corrected chi connectivity index (χ2v) is 16.0. The second-order valence-electron chi connectivity index (χ2n) is 9.67. The summed E-state index contributed by atoms with van der Waals surface area (Å²) in [5, 5.41) is 15.5. The zero-order valence-electron chi connectivity index (χ0n) is 23.3. The average molecular weight is 683 g/mol. The third-order valence-corrected chi connectivity index (χ3v) is 12.3. The van der Waals surface area contributed by atoms with E-state index in [1.165, 1.54) is 48.3 Å². The van der Waals surface area contributed by atoms with Crippen LogP contribution in [0.15, 0.2) is 48.5 Å². The number of likely N-dealkylation sites (N-methyl/N-ethyl adjacent to an activating group) is 1. The maximum Gasteiger partial charge on any atom is 0.315 e. The molecule has 1 aliphatic heterocycles. The van der Waals surface area contributed by atoms with E-state index < -0.39 is 64.9 Å². The smallest absolute Gasteiger partial charge is 0.315 e. The molecule has 1 atom stereocenters. The van der Waals surface area contributed by atoms with Crippen LogP contribution in [0.4, 0.5) is 11.4 Å². The van der Waals surface area contributed by atoms with Crippen LogP contribution in [-0.2, 0) is 52.1 Å². The van der Waals surface area contributed by atoms with Crippen molar-refractivity contribution in [2.24, 2.45) is 15.4 Å². The van der Waals surface area contributed by atoms with Crippen molar-refractivity contribution in [3.05, 3.63) is 59.7 Å². The molecule has 0 saturated carbocycles. The first-order chi connectivity index (χ1) is 19.8. The lowest BCUT2D eigenvalue weighted by Crippen LogP contribution is -2.46. The number of para-hydroxylation sites is 1. The van der Waals surface area contributed by atoms with Gasteiger partial charge in [-0.25, -0.2) is 15.4 Å². The number of carbonyl (C=O) groups excluding carboxylic acids is 1. The predicted molar refractivity (Wildman–Crippen MR) is 160 cm³/mol. The molecule has 2 aromatic rings. The van der Waals surface area contributed by atoms with Crippen LogP contribution in [0.3, 0.4) is 0 Å². The quantitative estimate of drug-likeness (QED) is 0.185. The van der Waals surface area contributed by atoms with Crippen molar-refractivity contribution in [3.8, 4) is 0 Å². The topological polar surface area (TPSA) is 257 Å². The number of benzene rings is 2. The van der Waals surface area contributed by atoms with E-state index in [1.807, 2.05) is 4.72 Å². The molecule has 1 saturated heterocycles. The molecule has 1 amide bonds. The number of nitrogens with one attached hydrogen (secondary N) is 1. The Bertz CT molecular complexity index is 1750. The molecule has 0 unspecified atom stereocenters. The minimum Gasteiger partial charge on any atom is -0.337 e. The molecule has 0 bridgehead atoms. The number of anilines is 2. The number of hydrogen-bond donors (Lipinski definition) is 4. The molecule has 0 aromatic heterocycles. The number of rotatable bonds is 13. The van der Waals surface area contributed by atoms with E-state index in [-0.39, 0.29) is 25.2 Å². The van der Waals surface area contributed by atoms with Gasteiger partial charge in [0.1, 0.15) is 0 Å². The maximum atomic E-state index is 13.7. The SMILES string of the molecule is CNS(=O)(=O)N(c1cccc([C@@H](CN2CCCC2)N(C)C(=O)Cc2ccccc2N(S(N)(=O)=O)S(N)(=O)=O)c1)S(N)(=O)=O. The van der Waals surface area contributed by atoms with Gasteiger partial charge in [-0.1, -0.05) is 30.3 Å². The van der Waals surface area contributed by atoms with E-state index in [9.17, 15) is 38.5 Å². The number of carbonyl (C=O) groups is 1. The van der Waals surface area contributed by atoms with Crippen LogP contribution in [0.2, 0.25) is 0 Å². The van der Waals surface area contributed by atoms with Crippen LogP contribution < -0.4 is 27.6 Å². The van der Waals surface area contributed by atoms with Gasteiger partial charge in [-0.15, -0.1) is 7.42 Å². The van der Waals surface area contributed by atoms with Crippen molar-refractivity contribution >= 4 is 58.1 Å². The third kappa shape index (κ3) is 8.39. The van der Waals surface area contributed by atoms with E-state index in [2.05, 4.69) is 4.90 Å². The summed E-state index contributed by atoms with van der Waals surface area (Å²) in [6, 6.07) is 10.0. The summed E-state index contributed by atoms with van der Waals surface area (Å²) < 4.78 is 99.9. The lowest BCUT2D eigenvalue weighted by atomic mass is 10.0. The minimum absolute atomic E-state index is 0.0170. The number of nitrogens with zero attached hydrogens (tertiary/aromatic N) is 4. The minimum atomic E-state index is -4.90. The van der Waals surface area contributed by atoms with Crippen LogP contribution in [0.25, 0.3) is 0 Å². The Morgan fingerprint density at radius 2 is 1.42 bits per heavy atom. The summed E-state index contributed by atoms with van der Waals surface area (Å²) in [6.45, 7) is 1.72. The molecule has 0 aliphatic carbocycles. The average Bonchev–Trinajstić information content (AvgIpc) is 3.39. The standard InChI is InChI=1S/C22H34N8O9S4/c1-26-43(38,39)29(40(23,32)33)19-10-7-9-17(14-19)21(16-28-12-5-6-13-28)27(2)22(31)15-18-8-3-4-11-20(18)30(41(24,34)35)42(25,36)37/h3-4,7-11,14,21,26H,5-6,12-13,15-16H2,1-2H3,(H2,23,32,33)(H2,24,34,35)(H2,25,36,37)/t21-/m1/s1. The molecule has 0 spiro atoms. The van der Waals surface area contributed by atoms with Crippen LogP contribution in [0, 0.1) is 0 Å². The molecule has 21 heteroatoms. The molecule has 3 rings (SSSR count). The van der Waals surface area contributed by atoms with Gasteiger partial charge in [0.05, 0.1) is 23.8 Å². The monoisotopic (exact) mass is 682 g/mol. The number of nitrogens with two attached hydrogens (primary N) is 3. The van der Waals surface area contributed by atoms with Crippen LogP contribution in [0.1, 0.15) is 30.0 Å². The highest BCUT2D eigenvalue weighted by Gasteiger charge is 2.34. The summed E-state index contributed by atoms with van der Waals surface area (Å²) in [6.07, 6.45) is 1.34. The highest BCUT2D eigenvalue weighted by molar-refractivity contribution is 8.08. The highest BCUT2D eigenvalue weighted by atomic mass is 32.3. The molecule has 17 nitrogen and oxygen atoms in total. The first kappa shape index (κ1) is 34.6. The van der Waals surface area contributed by atoms with Gasteiger partial charge >= 0.3 is 40.8 Å². The predicted octanol–water partition coefficient (Wildman–Crippen LogP) is -1.79. The molecule has 43 heavy (non-hydrogen) atoms. The van der Waals surface area contributed by atoms with Crippen LogP contribution in [0.5, 0.6) is 0 Å². The van der Waals surface area contributed by atoms with Gasteiger partial charge in [0.25, 0.3) is 0 Å². The summed E-state index contributed by atoms with van der Waals surface area (Å²) >= 11 is 0. The van der Waals surface area contributed by atoms with Gasteiger partial charge in [0.15, 0.2) is 0 Å². The third-order valence-electron chi connectivity index (χ3n) is 6.66. The zero-order chi connectivity index (χ0) is 32.4. The molecule has 1 aliphatic rings. The van der Waals surface area contributed by atoms with E-state index in [0.717, 1.165) is 39.0 Å². The van der Waals surface area contributed by atoms with Gasteiger partial charge in [-0.3, -0.25) is 4.79 Å². The van der Waals surface area contributed by atoms with Crippen LogP contribution in [-0.4, -0.2) is 83.1 Å². The fourth-order valence-corrected chi connectivity index (χ4v) is 9.08. The first-order valence-electron chi connectivity index (χ1n) is 12.6. The largest absolute Gasteiger partial charge is 0.337 e. The normalized spacial score (nSPS) is 15.7. The van der Waals surface area contributed by atoms with Crippen molar-refractivity contribution in [2.75, 3.05) is 41.2 Å². The Balaban J connectivity index is 2.06. The molecular weight excluding hydrogens is 649 g/mol. The fraction of sp³-hybridized carbons (Fsp3) is 0.409. The maximum absolute atomic E-state index is 13.7. The van der Waals surface area contributed by atoms with Crippen molar-refractivity contribution in [1.29, 1.82) is 0 Å². The number of amides is 1. The van der Waals surface area contributed by atoms with Gasteiger partial charge in [-0.05, 0) is 55.3 Å². The fourth-order valence-electron chi connectivity index (χ4n) is 4.73. The first-order valence-corrected chi connectivity index (χ1v) is 18.5. The van der Waals surface area contributed by atoms with Crippen molar-refractivity contribution in [3.63, 3.8) is 0 Å². The molecule has 2 aromatic carbocycles. The van der Waals surface area contributed by atoms with Gasteiger partial charge in [0, 0.05) is 20.6 Å². The zero-order valence-corrected chi connectivity index (χ0v) is 26.5. The highest BCUT2D eigenvalue weighted by Crippen LogP contribution is 2.30. The van der Waals surface area contributed by atoms with Crippen LogP contribution >= 0.6 is 0 Å². The Hall–Kier alpha value is -2.89. The molecule has 1 fully saturated rings.